The van der Waals surface area contributed by atoms with Crippen molar-refractivity contribution in [2.45, 2.75) is 26.3 Å². The second kappa shape index (κ2) is 5.52. The maximum absolute atomic E-state index is 12.8. The Morgan fingerprint density at radius 3 is 2.90 bits per heavy atom. The number of nitrogens with one attached hydrogen (secondary N) is 1. The molecular formula is C15H18F2N4. The minimum absolute atomic E-state index is 0.399. The highest BCUT2D eigenvalue weighted by atomic mass is 19.3. The van der Waals surface area contributed by atoms with E-state index in [-0.39, 0.29) is 0 Å². The molecule has 6 heteroatoms. The van der Waals surface area contributed by atoms with Gasteiger partial charge in [0.1, 0.15) is 0 Å². The van der Waals surface area contributed by atoms with Crippen molar-refractivity contribution in [1.82, 2.24) is 15.3 Å². The van der Waals surface area contributed by atoms with Crippen molar-refractivity contribution in [2.75, 3.05) is 24.5 Å². The number of hydrogen-bond donors (Lipinski definition) is 1. The smallest absolute Gasteiger partial charge is 0.297 e. The zero-order valence-electron chi connectivity index (χ0n) is 12.1. The van der Waals surface area contributed by atoms with Gasteiger partial charge in [-0.05, 0) is 25.5 Å². The van der Waals surface area contributed by atoms with Crippen LogP contribution in [-0.4, -0.2) is 35.6 Å². The summed E-state index contributed by atoms with van der Waals surface area (Å²) in [5.74, 6) is -0.406. The SMILES string of the molecule is Cc1ccc(N2CCNC(C)C2)c2cnc(C(F)F)nc12. The molecule has 0 bridgehead atoms. The summed E-state index contributed by atoms with van der Waals surface area (Å²) in [6.07, 6.45) is -1.12. The van der Waals surface area contributed by atoms with Crippen molar-refractivity contribution in [1.29, 1.82) is 0 Å². The number of benzene rings is 1. The van der Waals surface area contributed by atoms with Crippen LogP contribution in [0, 0.1) is 6.92 Å². The number of fused-ring (bicyclic) bond motifs is 1. The lowest BCUT2D eigenvalue weighted by Gasteiger charge is -2.34. The molecule has 2 heterocycles. The summed E-state index contributed by atoms with van der Waals surface area (Å²) in [7, 11) is 0. The first kappa shape index (κ1) is 14.1. The third-order valence-electron chi connectivity index (χ3n) is 3.85. The molecular weight excluding hydrogens is 274 g/mol. The molecule has 3 rings (SSSR count). The van der Waals surface area contributed by atoms with Crippen molar-refractivity contribution >= 4 is 16.6 Å². The third kappa shape index (κ3) is 2.68. The molecule has 0 radical (unpaired) electrons. The molecule has 1 saturated heterocycles. The summed E-state index contributed by atoms with van der Waals surface area (Å²) in [6.45, 7) is 6.70. The minimum atomic E-state index is -2.64. The third-order valence-corrected chi connectivity index (χ3v) is 3.85. The normalized spacial score (nSPS) is 19.5. The van der Waals surface area contributed by atoms with Gasteiger partial charge < -0.3 is 10.2 Å². The predicted octanol–water partition coefficient (Wildman–Crippen LogP) is 2.67. The Kier molecular flexibility index (Phi) is 3.71. The van der Waals surface area contributed by atoms with Gasteiger partial charge in [0.2, 0.25) is 0 Å². The molecule has 0 aliphatic carbocycles. The fourth-order valence-corrected chi connectivity index (χ4v) is 2.79. The number of piperazine rings is 1. The number of rotatable bonds is 2. The highest BCUT2D eigenvalue weighted by molar-refractivity contribution is 5.93. The Balaban J connectivity index is 2.09. The Morgan fingerprint density at radius 2 is 2.19 bits per heavy atom. The van der Waals surface area contributed by atoms with Crippen molar-refractivity contribution in [3.05, 3.63) is 29.7 Å². The van der Waals surface area contributed by atoms with Crippen LogP contribution in [0.5, 0.6) is 0 Å². The molecule has 1 N–H and O–H groups in total. The number of alkyl halides is 2. The van der Waals surface area contributed by atoms with Gasteiger partial charge in [0, 0.05) is 42.9 Å². The number of anilines is 1. The van der Waals surface area contributed by atoms with Crippen molar-refractivity contribution < 1.29 is 8.78 Å². The van der Waals surface area contributed by atoms with E-state index in [1.165, 1.54) is 6.20 Å². The van der Waals surface area contributed by atoms with Gasteiger partial charge in [-0.1, -0.05) is 6.07 Å². The van der Waals surface area contributed by atoms with E-state index in [0.717, 1.165) is 36.3 Å². The van der Waals surface area contributed by atoms with Crippen LogP contribution in [-0.2, 0) is 0 Å². The summed E-state index contributed by atoms with van der Waals surface area (Å²) in [5.41, 5.74) is 2.52. The minimum Gasteiger partial charge on any atom is -0.368 e. The van der Waals surface area contributed by atoms with Crippen LogP contribution in [0.25, 0.3) is 10.9 Å². The molecule has 1 unspecified atom stereocenters. The number of halogens is 2. The van der Waals surface area contributed by atoms with Gasteiger partial charge >= 0.3 is 0 Å². The van der Waals surface area contributed by atoms with Gasteiger partial charge in [-0.2, -0.15) is 0 Å². The Bertz CT molecular complexity index is 659. The van der Waals surface area contributed by atoms with E-state index < -0.39 is 12.2 Å². The maximum Gasteiger partial charge on any atom is 0.297 e. The Hall–Kier alpha value is -1.82. The van der Waals surface area contributed by atoms with Gasteiger partial charge in [-0.3, -0.25) is 0 Å². The fourth-order valence-electron chi connectivity index (χ4n) is 2.79. The van der Waals surface area contributed by atoms with Crippen molar-refractivity contribution in [3.63, 3.8) is 0 Å². The van der Waals surface area contributed by atoms with E-state index in [1.54, 1.807) is 0 Å². The summed E-state index contributed by atoms with van der Waals surface area (Å²) in [4.78, 5) is 10.1. The number of hydrogen-bond acceptors (Lipinski definition) is 4. The number of aromatic nitrogens is 2. The molecule has 1 aliphatic heterocycles. The molecule has 0 spiro atoms. The molecule has 21 heavy (non-hydrogen) atoms. The summed E-state index contributed by atoms with van der Waals surface area (Å²) in [5, 5.41) is 4.23. The standard InChI is InChI=1S/C15H18F2N4/c1-9-3-4-12(21-6-5-18-10(2)8-21)11-7-19-15(14(16)17)20-13(9)11/h3-4,7,10,14,18H,5-6,8H2,1-2H3. The highest BCUT2D eigenvalue weighted by Gasteiger charge is 2.20. The van der Waals surface area contributed by atoms with E-state index in [1.807, 2.05) is 19.1 Å². The molecule has 112 valence electrons. The van der Waals surface area contributed by atoms with Crippen molar-refractivity contribution in [2.24, 2.45) is 0 Å². The van der Waals surface area contributed by atoms with Gasteiger partial charge in [0.15, 0.2) is 5.82 Å². The van der Waals surface area contributed by atoms with E-state index >= 15 is 0 Å². The van der Waals surface area contributed by atoms with Crippen molar-refractivity contribution in [3.8, 4) is 0 Å². The van der Waals surface area contributed by atoms with Crippen LogP contribution >= 0.6 is 0 Å². The zero-order chi connectivity index (χ0) is 15.0. The van der Waals surface area contributed by atoms with Crippen LogP contribution in [0.3, 0.4) is 0 Å². The second-order valence-corrected chi connectivity index (χ2v) is 5.49. The van der Waals surface area contributed by atoms with Gasteiger partial charge in [0.25, 0.3) is 6.43 Å². The second-order valence-electron chi connectivity index (χ2n) is 5.49. The number of nitrogens with zero attached hydrogens (tertiary/aromatic N) is 3. The van der Waals surface area contributed by atoms with Gasteiger partial charge in [-0.15, -0.1) is 0 Å². The highest BCUT2D eigenvalue weighted by Crippen LogP contribution is 2.29. The average molecular weight is 292 g/mol. The molecule has 1 aromatic carbocycles. The zero-order valence-corrected chi connectivity index (χ0v) is 12.1. The topological polar surface area (TPSA) is 41.0 Å². The average Bonchev–Trinajstić information content (AvgIpc) is 2.47. The first-order chi connectivity index (χ1) is 10.1. The summed E-state index contributed by atoms with van der Waals surface area (Å²) in [6, 6.07) is 4.37. The van der Waals surface area contributed by atoms with Crippen LogP contribution in [0.15, 0.2) is 18.3 Å². The van der Waals surface area contributed by atoms with Crippen LogP contribution in [0.4, 0.5) is 14.5 Å². The quantitative estimate of drug-likeness (QED) is 0.924. The summed E-state index contributed by atoms with van der Waals surface area (Å²) < 4.78 is 25.6. The summed E-state index contributed by atoms with van der Waals surface area (Å²) >= 11 is 0. The maximum atomic E-state index is 12.8. The Morgan fingerprint density at radius 1 is 1.38 bits per heavy atom. The Labute approximate surface area is 122 Å². The largest absolute Gasteiger partial charge is 0.368 e. The van der Waals surface area contributed by atoms with E-state index in [0.29, 0.717) is 11.6 Å². The molecule has 2 aromatic rings. The first-order valence-corrected chi connectivity index (χ1v) is 7.09. The predicted molar refractivity (Wildman–Crippen MR) is 78.9 cm³/mol. The van der Waals surface area contributed by atoms with Crippen LogP contribution < -0.4 is 10.2 Å². The van der Waals surface area contributed by atoms with E-state index in [9.17, 15) is 8.78 Å². The monoisotopic (exact) mass is 292 g/mol. The van der Waals surface area contributed by atoms with Crippen LogP contribution in [0.1, 0.15) is 24.7 Å². The lowest BCUT2D eigenvalue weighted by atomic mass is 10.1. The number of aryl methyl sites for hydroxylation is 1. The molecule has 0 amide bonds. The van der Waals surface area contributed by atoms with Gasteiger partial charge in [0.05, 0.1) is 5.52 Å². The first-order valence-electron chi connectivity index (χ1n) is 7.09. The van der Waals surface area contributed by atoms with E-state index in [2.05, 4.69) is 27.1 Å². The molecule has 1 fully saturated rings. The molecule has 0 saturated carbocycles. The molecule has 4 nitrogen and oxygen atoms in total. The molecule has 1 atom stereocenters. The lowest BCUT2D eigenvalue weighted by molar-refractivity contribution is 0.141. The lowest BCUT2D eigenvalue weighted by Crippen LogP contribution is -2.49. The molecule has 1 aromatic heterocycles. The van der Waals surface area contributed by atoms with Gasteiger partial charge in [-0.25, -0.2) is 18.7 Å². The fraction of sp³-hybridized carbons (Fsp3) is 0.467. The molecule has 1 aliphatic rings. The van der Waals surface area contributed by atoms with E-state index in [4.69, 9.17) is 0 Å². The van der Waals surface area contributed by atoms with Crippen LogP contribution in [0.2, 0.25) is 0 Å².